The highest BCUT2D eigenvalue weighted by atomic mass is 19.4. The van der Waals surface area contributed by atoms with Crippen molar-refractivity contribution >= 4 is 0 Å². The lowest BCUT2D eigenvalue weighted by molar-refractivity contribution is -0.137. The summed E-state index contributed by atoms with van der Waals surface area (Å²) in [6.45, 7) is 3.47. The summed E-state index contributed by atoms with van der Waals surface area (Å²) in [4.78, 5) is 0. The van der Waals surface area contributed by atoms with Gasteiger partial charge in [-0.1, -0.05) is 0 Å². The van der Waals surface area contributed by atoms with E-state index in [0.717, 1.165) is 12.1 Å². The smallest absolute Gasteiger partial charge is 0.417 e. The predicted octanol–water partition coefficient (Wildman–Crippen LogP) is 2.69. The molecular formula is C12H13F3N2O. The molecule has 0 saturated carbocycles. The zero-order valence-corrected chi connectivity index (χ0v) is 10.0. The standard InChI is InChI=1S/C12H13F3N2O/c1-11(2,17)7-18-9-4-3-8(6-16)10(5-9)12(13,14)15/h3-5H,7,17H2,1-2H3. The summed E-state index contributed by atoms with van der Waals surface area (Å²) in [7, 11) is 0. The Morgan fingerprint density at radius 3 is 2.39 bits per heavy atom. The summed E-state index contributed by atoms with van der Waals surface area (Å²) < 4.78 is 43.1. The number of benzene rings is 1. The van der Waals surface area contributed by atoms with E-state index in [1.54, 1.807) is 13.8 Å². The van der Waals surface area contributed by atoms with Crippen molar-refractivity contribution in [1.29, 1.82) is 5.26 Å². The summed E-state index contributed by atoms with van der Waals surface area (Å²) in [6.07, 6.45) is -4.58. The second kappa shape index (κ2) is 4.86. The van der Waals surface area contributed by atoms with Crippen LogP contribution in [0.4, 0.5) is 13.2 Å². The van der Waals surface area contributed by atoms with Crippen LogP contribution < -0.4 is 10.5 Å². The molecule has 0 amide bonds. The highest BCUT2D eigenvalue weighted by Gasteiger charge is 2.34. The molecule has 0 aliphatic heterocycles. The number of nitrogens with zero attached hydrogens (tertiary/aromatic N) is 1. The van der Waals surface area contributed by atoms with Gasteiger partial charge in [-0.05, 0) is 32.0 Å². The van der Waals surface area contributed by atoms with E-state index in [1.165, 1.54) is 12.1 Å². The first-order valence-electron chi connectivity index (χ1n) is 5.16. The van der Waals surface area contributed by atoms with Crippen LogP contribution in [0.3, 0.4) is 0 Å². The maximum atomic E-state index is 12.7. The van der Waals surface area contributed by atoms with E-state index in [2.05, 4.69) is 0 Å². The first-order chi connectivity index (χ1) is 8.13. The van der Waals surface area contributed by atoms with Crippen LogP contribution in [0.5, 0.6) is 5.75 Å². The van der Waals surface area contributed by atoms with Crippen molar-refractivity contribution in [1.82, 2.24) is 0 Å². The lowest BCUT2D eigenvalue weighted by atomic mass is 10.1. The maximum absolute atomic E-state index is 12.7. The van der Waals surface area contributed by atoms with Crippen molar-refractivity contribution < 1.29 is 17.9 Å². The van der Waals surface area contributed by atoms with Crippen LogP contribution in [0.2, 0.25) is 0 Å². The van der Waals surface area contributed by atoms with Crippen LogP contribution >= 0.6 is 0 Å². The fourth-order valence-corrected chi connectivity index (χ4v) is 1.21. The molecule has 0 atom stereocenters. The van der Waals surface area contributed by atoms with Gasteiger partial charge in [-0.3, -0.25) is 0 Å². The lowest BCUT2D eigenvalue weighted by Gasteiger charge is -2.19. The van der Waals surface area contributed by atoms with Gasteiger partial charge in [-0.25, -0.2) is 0 Å². The quantitative estimate of drug-likeness (QED) is 0.906. The molecule has 1 aromatic rings. The topological polar surface area (TPSA) is 59.0 Å². The zero-order chi connectivity index (χ0) is 14.0. The van der Waals surface area contributed by atoms with Gasteiger partial charge in [0.15, 0.2) is 0 Å². The molecule has 0 spiro atoms. The summed E-state index contributed by atoms with van der Waals surface area (Å²) in [6, 6.07) is 4.72. The molecule has 2 N–H and O–H groups in total. The van der Waals surface area contributed by atoms with Crippen LogP contribution in [-0.4, -0.2) is 12.1 Å². The van der Waals surface area contributed by atoms with Crippen molar-refractivity contribution in [2.24, 2.45) is 5.73 Å². The van der Waals surface area contributed by atoms with E-state index in [4.69, 9.17) is 15.7 Å². The molecule has 18 heavy (non-hydrogen) atoms. The second-order valence-electron chi connectivity index (χ2n) is 4.59. The van der Waals surface area contributed by atoms with E-state index in [-0.39, 0.29) is 12.4 Å². The normalized spacial score (nSPS) is 12.1. The number of hydrogen-bond donors (Lipinski definition) is 1. The molecule has 0 unspecified atom stereocenters. The molecule has 1 rings (SSSR count). The van der Waals surface area contributed by atoms with Crippen LogP contribution in [-0.2, 0) is 6.18 Å². The van der Waals surface area contributed by atoms with Gasteiger partial charge in [-0.15, -0.1) is 0 Å². The molecule has 1 aromatic carbocycles. The molecule has 0 aromatic heterocycles. The molecule has 0 bridgehead atoms. The van der Waals surface area contributed by atoms with Gasteiger partial charge >= 0.3 is 6.18 Å². The Bertz CT molecular complexity index is 470. The summed E-state index contributed by atoms with van der Waals surface area (Å²) in [5.74, 6) is 0.0415. The molecule has 6 heteroatoms. The molecule has 3 nitrogen and oxygen atoms in total. The summed E-state index contributed by atoms with van der Waals surface area (Å²) >= 11 is 0. The summed E-state index contributed by atoms with van der Waals surface area (Å²) in [5.41, 5.74) is 3.59. The van der Waals surface area contributed by atoms with E-state index in [1.807, 2.05) is 0 Å². The van der Waals surface area contributed by atoms with Gasteiger partial charge in [0.2, 0.25) is 0 Å². The van der Waals surface area contributed by atoms with Crippen LogP contribution in [0.1, 0.15) is 25.0 Å². The molecule has 0 saturated heterocycles. The van der Waals surface area contributed by atoms with Gasteiger partial charge in [0.05, 0.1) is 17.2 Å². The third-order valence-corrected chi connectivity index (χ3v) is 2.03. The molecule has 0 fully saturated rings. The van der Waals surface area contributed by atoms with Gasteiger partial charge in [-0.2, -0.15) is 18.4 Å². The molecule has 0 radical (unpaired) electrons. The van der Waals surface area contributed by atoms with Crippen molar-refractivity contribution in [3.63, 3.8) is 0 Å². The van der Waals surface area contributed by atoms with E-state index in [0.29, 0.717) is 0 Å². The first-order valence-corrected chi connectivity index (χ1v) is 5.16. The van der Waals surface area contributed by atoms with E-state index >= 15 is 0 Å². The number of ether oxygens (including phenoxy) is 1. The van der Waals surface area contributed by atoms with Crippen molar-refractivity contribution in [3.8, 4) is 11.8 Å². The van der Waals surface area contributed by atoms with Gasteiger partial charge in [0.1, 0.15) is 12.4 Å². The minimum absolute atomic E-state index is 0.0415. The van der Waals surface area contributed by atoms with Gasteiger partial charge in [0, 0.05) is 5.54 Å². The molecule has 0 aliphatic carbocycles. The number of hydrogen-bond acceptors (Lipinski definition) is 3. The average molecular weight is 258 g/mol. The number of halogens is 3. The monoisotopic (exact) mass is 258 g/mol. The third-order valence-electron chi connectivity index (χ3n) is 2.03. The predicted molar refractivity (Wildman–Crippen MR) is 59.9 cm³/mol. The van der Waals surface area contributed by atoms with Crippen LogP contribution in [0, 0.1) is 11.3 Å². The largest absolute Gasteiger partial charge is 0.492 e. The Morgan fingerprint density at radius 1 is 1.33 bits per heavy atom. The lowest BCUT2D eigenvalue weighted by Crippen LogP contribution is -2.38. The van der Waals surface area contributed by atoms with Crippen molar-refractivity contribution in [2.45, 2.75) is 25.6 Å². The SMILES string of the molecule is CC(C)(N)COc1ccc(C#N)c(C(F)(F)F)c1. The van der Waals surface area contributed by atoms with Gasteiger partial charge < -0.3 is 10.5 Å². The van der Waals surface area contributed by atoms with Crippen LogP contribution in [0.15, 0.2) is 18.2 Å². The van der Waals surface area contributed by atoms with Crippen LogP contribution in [0.25, 0.3) is 0 Å². The Kier molecular flexibility index (Phi) is 3.87. The van der Waals surface area contributed by atoms with Gasteiger partial charge in [0.25, 0.3) is 0 Å². The zero-order valence-electron chi connectivity index (χ0n) is 10.0. The molecular weight excluding hydrogens is 245 g/mol. The second-order valence-corrected chi connectivity index (χ2v) is 4.59. The number of alkyl halides is 3. The Labute approximate surface area is 103 Å². The third kappa shape index (κ3) is 3.93. The fourth-order valence-electron chi connectivity index (χ4n) is 1.21. The van der Waals surface area contributed by atoms with Crippen molar-refractivity contribution in [2.75, 3.05) is 6.61 Å². The Hall–Kier alpha value is -1.74. The first kappa shape index (κ1) is 14.3. The molecule has 0 aliphatic rings. The number of nitriles is 1. The van der Waals surface area contributed by atoms with E-state index in [9.17, 15) is 13.2 Å². The highest BCUT2D eigenvalue weighted by Crippen LogP contribution is 2.34. The van der Waals surface area contributed by atoms with E-state index < -0.39 is 22.8 Å². The summed E-state index contributed by atoms with van der Waals surface area (Å²) in [5, 5.41) is 8.62. The minimum atomic E-state index is -4.58. The average Bonchev–Trinajstić information content (AvgIpc) is 2.24. The molecule has 0 heterocycles. The number of rotatable bonds is 3. The molecule has 98 valence electrons. The Morgan fingerprint density at radius 2 is 1.94 bits per heavy atom. The minimum Gasteiger partial charge on any atom is -0.492 e. The Balaban J connectivity index is 3.02. The fraction of sp³-hybridized carbons (Fsp3) is 0.417. The van der Waals surface area contributed by atoms with Crippen molar-refractivity contribution in [3.05, 3.63) is 29.3 Å². The number of nitrogens with two attached hydrogens (primary N) is 1. The highest BCUT2D eigenvalue weighted by molar-refractivity contribution is 5.44. The maximum Gasteiger partial charge on any atom is 0.417 e.